The van der Waals surface area contributed by atoms with Gasteiger partial charge < -0.3 is 5.32 Å². The van der Waals surface area contributed by atoms with E-state index in [0.717, 1.165) is 11.3 Å². The topological polar surface area (TPSA) is 84.3 Å². The highest BCUT2D eigenvalue weighted by Gasteiger charge is 2.32. The van der Waals surface area contributed by atoms with E-state index in [1.807, 2.05) is 37.3 Å². The Morgan fingerprint density at radius 3 is 2.33 bits per heavy atom. The van der Waals surface area contributed by atoms with Gasteiger partial charge in [0, 0.05) is 31.3 Å². The summed E-state index contributed by atoms with van der Waals surface area (Å²) in [6.07, 6.45) is 2.76. The van der Waals surface area contributed by atoms with Crippen LogP contribution < -0.4 is 5.32 Å². The second kappa shape index (κ2) is 8.41. The van der Waals surface area contributed by atoms with E-state index < -0.39 is 10.0 Å². The maximum absolute atomic E-state index is 12.8. The molecule has 1 N–H and O–H groups in total. The van der Waals surface area contributed by atoms with Crippen LogP contribution >= 0.6 is 0 Å². The Balaban J connectivity index is 1.36. The minimum atomic E-state index is -3.53. The Morgan fingerprint density at radius 1 is 1.00 bits per heavy atom. The number of carbonyl (C=O) groups is 1. The van der Waals surface area contributed by atoms with E-state index in [1.54, 1.807) is 41.2 Å². The minimum Gasteiger partial charge on any atom is -0.309 e. The van der Waals surface area contributed by atoms with E-state index in [1.165, 1.54) is 4.31 Å². The Kier molecular flexibility index (Phi) is 5.69. The molecule has 30 heavy (non-hydrogen) atoms. The van der Waals surface area contributed by atoms with Gasteiger partial charge in [-0.3, -0.25) is 4.79 Å². The molecule has 1 amide bonds. The minimum absolute atomic E-state index is 0.124. The number of benzene rings is 2. The molecule has 0 unspecified atom stereocenters. The van der Waals surface area contributed by atoms with E-state index >= 15 is 0 Å². The van der Waals surface area contributed by atoms with Crippen LogP contribution in [0.4, 0.5) is 5.82 Å². The first-order chi connectivity index (χ1) is 14.4. The molecule has 7 nitrogen and oxygen atoms in total. The number of nitrogens with zero attached hydrogens (tertiary/aromatic N) is 3. The van der Waals surface area contributed by atoms with Crippen LogP contribution in [0.1, 0.15) is 18.4 Å². The summed E-state index contributed by atoms with van der Waals surface area (Å²) in [5.41, 5.74) is 1.92. The van der Waals surface area contributed by atoms with Crippen molar-refractivity contribution in [3.05, 3.63) is 72.4 Å². The van der Waals surface area contributed by atoms with Crippen molar-refractivity contribution in [1.82, 2.24) is 14.1 Å². The van der Waals surface area contributed by atoms with Crippen molar-refractivity contribution in [2.45, 2.75) is 24.7 Å². The van der Waals surface area contributed by atoms with E-state index in [4.69, 9.17) is 0 Å². The maximum Gasteiger partial charge on any atom is 0.243 e. The first kappa shape index (κ1) is 20.3. The fraction of sp³-hybridized carbons (Fsp3) is 0.273. The van der Waals surface area contributed by atoms with Crippen LogP contribution in [0.5, 0.6) is 0 Å². The lowest BCUT2D eigenvalue weighted by Gasteiger charge is -2.30. The molecule has 0 radical (unpaired) electrons. The average Bonchev–Trinajstić information content (AvgIpc) is 3.23. The molecule has 1 saturated heterocycles. The quantitative estimate of drug-likeness (QED) is 0.682. The van der Waals surface area contributed by atoms with E-state index in [0.29, 0.717) is 36.6 Å². The number of nitrogens with one attached hydrogen (secondary N) is 1. The van der Waals surface area contributed by atoms with Crippen LogP contribution in [-0.4, -0.2) is 41.5 Å². The molecular formula is C22H24N4O3S. The third kappa shape index (κ3) is 4.29. The molecule has 3 aromatic rings. The fourth-order valence-electron chi connectivity index (χ4n) is 3.56. The Hall–Kier alpha value is -2.97. The number of hydrogen-bond donors (Lipinski definition) is 1. The summed E-state index contributed by atoms with van der Waals surface area (Å²) >= 11 is 0. The molecule has 0 atom stereocenters. The average molecular weight is 425 g/mol. The number of aryl methyl sites for hydroxylation is 1. The van der Waals surface area contributed by atoms with Gasteiger partial charge in [-0.2, -0.15) is 9.40 Å². The first-order valence-corrected chi connectivity index (χ1v) is 11.4. The van der Waals surface area contributed by atoms with Crippen LogP contribution in [0, 0.1) is 12.8 Å². The molecule has 1 aliphatic rings. The number of para-hydroxylation sites is 1. The van der Waals surface area contributed by atoms with Crippen molar-refractivity contribution < 1.29 is 13.2 Å². The largest absolute Gasteiger partial charge is 0.309 e. The summed E-state index contributed by atoms with van der Waals surface area (Å²) in [5, 5.41) is 7.25. The molecule has 1 aromatic heterocycles. The third-order valence-electron chi connectivity index (χ3n) is 5.34. The molecule has 2 heterocycles. The van der Waals surface area contributed by atoms with Crippen LogP contribution in [0.15, 0.2) is 71.8 Å². The number of amides is 1. The highest BCUT2D eigenvalue weighted by atomic mass is 32.2. The number of rotatable bonds is 5. The van der Waals surface area contributed by atoms with Crippen LogP contribution in [0.3, 0.4) is 0 Å². The number of carbonyl (C=O) groups excluding carboxylic acids is 1. The van der Waals surface area contributed by atoms with Gasteiger partial charge in [0.05, 0.1) is 10.6 Å². The fourth-order valence-corrected chi connectivity index (χ4v) is 5.03. The summed E-state index contributed by atoms with van der Waals surface area (Å²) in [6, 6.07) is 18.2. The van der Waals surface area contributed by atoms with Crippen LogP contribution in [0.25, 0.3) is 5.69 Å². The summed E-state index contributed by atoms with van der Waals surface area (Å²) < 4.78 is 28.8. The zero-order valence-electron chi connectivity index (χ0n) is 16.7. The van der Waals surface area contributed by atoms with Gasteiger partial charge in [-0.05, 0) is 44.0 Å². The molecule has 0 saturated carbocycles. The number of piperidine rings is 1. The van der Waals surface area contributed by atoms with Crippen molar-refractivity contribution in [3.63, 3.8) is 0 Å². The second-order valence-electron chi connectivity index (χ2n) is 7.46. The SMILES string of the molecule is Cc1ccc(S(=O)(=O)N2CCC(C(=O)Nc3ccn(-c4ccccc4)n3)CC2)cc1. The van der Waals surface area contributed by atoms with Gasteiger partial charge >= 0.3 is 0 Å². The lowest BCUT2D eigenvalue weighted by molar-refractivity contribution is -0.120. The summed E-state index contributed by atoms with van der Waals surface area (Å²) in [7, 11) is -3.53. The van der Waals surface area contributed by atoms with Gasteiger partial charge in [-0.25, -0.2) is 13.1 Å². The molecule has 0 spiro atoms. The molecular weight excluding hydrogens is 400 g/mol. The highest BCUT2D eigenvalue weighted by molar-refractivity contribution is 7.89. The summed E-state index contributed by atoms with van der Waals surface area (Å²) in [4.78, 5) is 12.9. The predicted molar refractivity (Wildman–Crippen MR) is 115 cm³/mol. The Labute approximate surface area is 176 Å². The molecule has 2 aromatic carbocycles. The standard InChI is InChI=1S/C22H24N4O3S/c1-17-7-9-20(10-8-17)30(28,29)25-14-11-18(12-15-25)22(27)23-21-13-16-26(24-21)19-5-3-2-4-6-19/h2-10,13,16,18H,11-12,14-15H2,1H3,(H,23,24,27). The normalized spacial score (nSPS) is 15.8. The first-order valence-electron chi connectivity index (χ1n) is 9.92. The predicted octanol–water partition coefficient (Wildman–Crippen LogP) is 3.22. The highest BCUT2D eigenvalue weighted by Crippen LogP contribution is 2.25. The van der Waals surface area contributed by atoms with Gasteiger partial charge in [0.25, 0.3) is 0 Å². The molecule has 0 aliphatic carbocycles. The third-order valence-corrected chi connectivity index (χ3v) is 7.26. The van der Waals surface area contributed by atoms with E-state index in [-0.39, 0.29) is 11.8 Å². The number of aromatic nitrogens is 2. The number of hydrogen-bond acceptors (Lipinski definition) is 4. The zero-order valence-corrected chi connectivity index (χ0v) is 17.5. The zero-order chi connectivity index (χ0) is 21.1. The Bertz CT molecular complexity index is 1120. The van der Waals surface area contributed by atoms with Crippen LogP contribution in [0.2, 0.25) is 0 Å². The van der Waals surface area contributed by atoms with Crippen molar-refractivity contribution in [3.8, 4) is 5.69 Å². The molecule has 8 heteroatoms. The lowest BCUT2D eigenvalue weighted by atomic mass is 9.97. The molecule has 0 bridgehead atoms. The van der Waals surface area contributed by atoms with E-state index in [9.17, 15) is 13.2 Å². The monoisotopic (exact) mass is 424 g/mol. The van der Waals surface area contributed by atoms with Gasteiger partial charge in [-0.1, -0.05) is 35.9 Å². The molecule has 4 rings (SSSR count). The lowest BCUT2D eigenvalue weighted by Crippen LogP contribution is -2.41. The molecule has 156 valence electrons. The summed E-state index contributed by atoms with van der Waals surface area (Å²) in [5.74, 6) is 0.121. The number of sulfonamides is 1. The maximum atomic E-state index is 12.8. The number of anilines is 1. The van der Waals surface area contributed by atoms with Crippen LogP contribution in [-0.2, 0) is 14.8 Å². The van der Waals surface area contributed by atoms with Crippen molar-refractivity contribution >= 4 is 21.7 Å². The van der Waals surface area contributed by atoms with Gasteiger partial charge in [0.1, 0.15) is 0 Å². The van der Waals surface area contributed by atoms with Crippen molar-refractivity contribution in [2.75, 3.05) is 18.4 Å². The Morgan fingerprint density at radius 2 is 1.67 bits per heavy atom. The van der Waals surface area contributed by atoms with Crippen molar-refractivity contribution in [1.29, 1.82) is 0 Å². The van der Waals surface area contributed by atoms with E-state index in [2.05, 4.69) is 10.4 Å². The van der Waals surface area contributed by atoms with Crippen molar-refractivity contribution in [2.24, 2.45) is 5.92 Å². The summed E-state index contributed by atoms with van der Waals surface area (Å²) in [6.45, 7) is 2.57. The van der Waals surface area contributed by atoms with Gasteiger partial charge in [-0.15, -0.1) is 0 Å². The smallest absolute Gasteiger partial charge is 0.243 e. The molecule has 1 aliphatic heterocycles. The second-order valence-corrected chi connectivity index (χ2v) is 9.40. The van der Waals surface area contributed by atoms with Gasteiger partial charge in [0.2, 0.25) is 15.9 Å². The molecule has 1 fully saturated rings. The van der Waals surface area contributed by atoms with Gasteiger partial charge in [0.15, 0.2) is 5.82 Å².